The molecule has 0 bridgehead atoms. The average Bonchev–Trinajstić information content (AvgIpc) is 3.17. The molecule has 138 valence electrons. The molecule has 0 aromatic carbocycles. The summed E-state index contributed by atoms with van der Waals surface area (Å²) in [7, 11) is 0. The molecule has 25 heavy (non-hydrogen) atoms. The topological polar surface area (TPSA) is 89.9 Å². The zero-order valence-electron chi connectivity index (χ0n) is 14.5. The first-order valence-electron chi connectivity index (χ1n) is 9.31. The molecule has 2 saturated heterocycles. The Bertz CT molecular complexity index is 614. The minimum atomic E-state index is -0.991. The lowest BCUT2D eigenvalue weighted by Crippen LogP contribution is -2.64. The molecule has 6 nitrogen and oxygen atoms in total. The summed E-state index contributed by atoms with van der Waals surface area (Å²) in [6.45, 7) is 3.76. The van der Waals surface area contributed by atoms with Gasteiger partial charge in [0.25, 0.3) is 0 Å². The smallest absolute Gasteiger partial charge is 0.352 e. The van der Waals surface area contributed by atoms with Crippen molar-refractivity contribution in [1.29, 1.82) is 0 Å². The third-order valence-electron chi connectivity index (χ3n) is 6.26. The van der Waals surface area contributed by atoms with Crippen LogP contribution in [0.4, 0.5) is 0 Å². The Morgan fingerprint density at radius 1 is 1.40 bits per heavy atom. The highest BCUT2D eigenvalue weighted by Crippen LogP contribution is 2.54. The highest BCUT2D eigenvalue weighted by molar-refractivity contribution is 8.00. The lowest BCUT2D eigenvalue weighted by molar-refractivity contribution is -0.163. The number of aliphatic hydroxyl groups excluding tert-OH is 1. The molecule has 0 spiro atoms. The maximum Gasteiger partial charge on any atom is 0.352 e. The fraction of sp³-hybridized carbons (Fsp3) is 0.778. The fourth-order valence-corrected chi connectivity index (χ4v) is 6.70. The van der Waals surface area contributed by atoms with Gasteiger partial charge in [0.15, 0.2) is 0 Å². The molecular formula is C18H26N2O4S. The van der Waals surface area contributed by atoms with Crippen molar-refractivity contribution in [3.63, 3.8) is 0 Å². The molecule has 3 fully saturated rings. The average molecular weight is 366 g/mol. The van der Waals surface area contributed by atoms with Crippen molar-refractivity contribution in [3.05, 3.63) is 11.3 Å². The summed E-state index contributed by atoms with van der Waals surface area (Å²) >= 11 is 1.87. The van der Waals surface area contributed by atoms with E-state index >= 15 is 0 Å². The second-order valence-electron chi connectivity index (χ2n) is 7.79. The summed E-state index contributed by atoms with van der Waals surface area (Å²) in [6.07, 6.45) is 3.44. The van der Waals surface area contributed by atoms with Crippen LogP contribution in [0, 0.1) is 17.8 Å². The van der Waals surface area contributed by atoms with E-state index in [9.17, 15) is 19.8 Å². The summed E-state index contributed by atoms with van der Waals surface area (Å²) in [5.74, 6) is 0.151. The Hall–Kier alpha value is -1.05. The third kappa shape index (κ3) is 2.71. The predicted molar refractivity (Wildman–Crippen MR) is 95.0 cm³/mol. The Balaban J connectivity index is 1.59. The van der Waals surface area contributed by atoms with Crippen LogP contribution in [-0.4, -0.2) is 63.2 Å². The summed E-state index contributed by atoms with van der Waals surface area (Å²) in [5.41, 5.74) is 1.19. The standard InChI is InChI=1S/C18H26N2O4S/c1-9(21)13-15-11-3-2-4-12(25-8-10-5-6-19-7-10)14(11)16(18(23)24)20(15)17(13)22/h9-13,15,19,21H,2-8H2,1H3,(H,23,24)/t9-,10+,11-,12+,13-,15-/m1/s1. The molecule has 6 atom stereocenters. The van der Waals surface area contributed by atoms with E-state index in [2.05, 4.69) is 5.32 Å². The van der Waals surface area contributed by atoms with Crippen LogP contribution in [0.15, 0.2) is 11.3 Å². The van der Waals surface area contributed by atoms with Gasteiger partial charge in [0.1, 0.15) is 5.70 Å². The number of hydrogen-bond donors (Lipinski definition) is 3. The SMILES string of the molecule is C[C@@H](O)[C@H]1C(=O)N2C(C(=O)O)=C3[C@@H](SC[C@H]4CCNC4)CCC[C@H]3[C@H]12. The molecule has 0 radical (unpaired) electrons. The Kier molecular flexibility index (Phi) is 4.58. The first-order valence-corrected chi connectivity index (χ1v) is 10.4. The van der Waals surface area contributed by atoms with Crippen LogP contribution in [0.25, 0.3) is 0 Å². The summed E-state index contributed by atoms with van der Waals surface area (Å²) in [6, 6.07) is -0.148. The molecule has 3 aliphatic heterocycles. The van der Waals surface area contributed by atoms with Gasteiger partial charge in [-0.2, -0.15) is 11.8 Å². The largest absolute Gasteiger partial charge is 0.477 e. The number of nitrogens with one attached hydrogen (secondary N) is 1. The van der Waals surface area contributed by atoms with Gasteiger partial charge in [-0.25, -0.2) is 4.79 Å². The van der Waals surface area contributed by atoms with Crippen molar-refractivity contribution in [3.8, 4) is 0 Å². The zero-order valence-corrected chi connectivity index (χ0v) is 15.3. The van der Waals surface area contributed by atoms with Gasteiger partial charge < -0.3 is 20.4 Å². The minimum absolute atomic E-state index is 0.108. The third-order valence-corrected chi connectivity index (χ3v) is 7.82. The number of hydrogen-bond acceptors (Lipinski definition) is 5. The number of carbonyl (C=O) groups is 2. The normalized spacial score (nSPS) is 38.4. The number of aliphatic carboxylic acids is 1. The summed E-state index contributed by atoms with van der Waals surface area (Å²) in [5, 5.41) is 23.3. The second-order valence-corrected chi connectivity index (χ2v) is 9.03. The molecule has 3 heterocycles. The lowest BCUT2D eigenvalue weighted by atomic mass is 9.72. The van der Waals surface area contributed by atoms with Gasteiger partial charge in [-0.05, 0) is 56.5 Å². The Morgan fingerprint density at radius 3 is 2.84 bits per heavy atom. The zero-order chi connectivity index (χ0) is 17.7. The van der Waals surface area contributed by atoms with Crippen molar-refractivity contribution in [2.75, 3.05) is 18.8 Å². The van der Waals surface area contributed by atoms with E-state index in [1.807, 2.05) is 11.8 Å². The molecule has 4 aliphatic rings. The van der Waals surface area contributed by atoms with Gasteiger partial charge in [0, 0.05) is 11.2 Å². The fourth-order valence-electron chi connectivity index (χ4n) is 5.12. The molecule has 0 unspecified atom stereocenters. The maximum absolute atomic E-state index is 12.5. The number of carboxylic acid groups (broad SMARTS) is 1. The Labute approximate surface area is 152 Å². The molecule has 0 aromatic heterocycles. The van der Waals surface area contributed by atoms with E-state index in [0.717, 1.165) is 43.7 Å². The van der Waals surface area contributed by atoms with Crippen LogP contribution in [0.1, 0.15) is 32.6 Å². The first-order chi connectivity index (χ1) is 12.0. The number of aliphatic hydroxyl groups is 1. The molecule has 0 aromatic rings. The lowest BCUT2D eigenvalue weighted by Gasteiger charge is -2.47. The van der Waals surface area contributed by atoms with Gasteiger partial charge in [-0.15, -0.1) is 0 Å². The van der Waals surface area contributed by atoms with Crippen LogP contribution >= 0.6 is 11.8 Å². The highest BCUT2D eigenvalue weighted by Gasteiger charge is 2.62. The molecule has 4 rings (SSSR count). The van der Waals surface area contributed by atoms with E-state index in [4.69, 9.17) is 0 Å². The number of carboxylic acids is 1. The van der Waals surface area contributed by atoms with Gasteiger partial charge in [-0.3, -0.25) is 4.79 Å². The number of amides is 1. The van der Waals surface area contributed by atoms with E-state index in [1.54, 1.807) is 6.92 Å². The first kappa shape index (κ1) is 17.4. The molecule has 1 aliphatic carbocycles. The van der Waals surface area contributed by atoms with Crippen LogP contribution < -0.4 is 5.32 Å². The van der Waals surface area contributed by atoms with Crippen LogP contribution in [0.3, 0.4) is 0 Å². The minimum Gasteiger partial charge on any atom is -0.477 e. The van der Waals surface area contributed by atoms with Crippen molar-refractivity contribution in [2.24, 2.45) is 17.8 Å². The number of β-lactam (4-membered cyclic amide) rings is 1. The molecule has 1 saturated carbocycles. The van der Waals surface area contributed by atoms with Crippen molar-refractivity contribution >= 4 is 23.6 Å². The van der Waals surface area contributed by atoms with Crippen molar-refractivity contribution in [1.82, 2.24) is 10.2 Å². The van der Waals surface area contributed by atoms with Gasteiger partial charge in [0.2, 0.25) is 5.91 Å². The molecule has 7 heteroatoms. The molecule has 1 amide bonds. The Morgan fingerprint density at radius 2 is 2.20 bits per heavy atom. The van der Waals surface area contributed by atoms with Gasteiger partial charge in [0.05, 0.1) is 18.1 Å². The van der Waals surface area contributed by atoms with Crippen LogP contribution in [-0.2, 0) is 9.59 Å². The summed E-state index contributed by atoms with van der Waals surface area (Å²) in [4.78, 5) is 25.9. The van der Waals surface area contributed by atoms with E-state index in [0.29, 0.717) is 5.92 Å². The predicted octanol–water partition coefficient (Wildman–Crippen LogP) is 1.06. The van der Waals surface area contributed by atoms with Crippen LogP contribution in [0.2, 0.25) is 0 Å². The van der Waals surface area contributed by atoms with Crippen molar-refractivity contribution in [2.45, 2.75) is 50.0 Å². The second kappa shape index (κ2) is 6.59. The number of carbonyl (C=O) groups excluding carboxylic acids is 1. The monoisotopic (exact) mass is 366 g/mol. The van der Waals surface area contributed by atoms with E-state index in [1.165, 1.54) is 11.3 Å². The van der Waals surface area contributed by atoms with Gasteiger partial charge in [-0.1, -0.05) is 6.42 Å². The number of thioether (sulfide) groups is 1. The van der Waals surface area contributed by atoms with E-state index in [-0.39, 0.29) is 28.8 Å². The van der Waals surface area contributed by atoms with Crippen molar-refractivity contribution < 1.29 is 19.8 Å². The summed E-state index contributed by atoms with van der Waals surface area (Å²) < 4.78 is 0. The number of fused-ring (bicyclic) bond motifs is 3. The van der Waals surface area contributed by atoms with E-state index < -0.39 is 18.0 Å². The molecular weight excluding hydrogens is 340 g/mol. The molecule has 3 N–H and O–H groups in total. The maximum atomic E-state index is 12.5. The number of nitrogens with zero attached hydrogens (tertiary/aromatic N) is 1. The van der Waals surface area contributed by atoms with Gasteiger partial charge >= 0.3 is 5.97 Å². The highest BCUT2D eigenvalue weighted by atomic mass is 32.2. The quantitative estimate of drug-likeness (QED) is 0.631. The van der Waals surface area contributed by atoms with Crippen LogP contribution in [0.5, 0.6) is 0 Å². The number of rotatable bonds is 5.